The van der Waals surface area contributed by atoms with Crippen molar-refractivity contribution in [1.82, 2.24) is 10.6 Å². The van der Waals surface area contributed by atoms with Crippen LogP contribution in [0.4, 0.5) is 10.5 Å². The van der Waals surface area contributed by atoms with E-state index < -0.39 is 12.1 Å². The number of benzene rings is 2. The van der Waals surface area contributed by atoms with E-state index in [4.69, 9.17) is 27.9 Å². The molecule has 0 radical (unpaired) electrons. The lowest BCUT2D eigenvalue weighted by molar-refractivity contribution is -0.113. The first-order valence-electron chi connectivity index (χ1n) is 8.08. The Kier molecular flexibility index (Phi) is 5.58. The standard InChI is InChI=1S/C19H17Cl2N3O3/c1-10-15(18(25)23-11-6-8-12(27-2)9-7-11)17(24-19(26)22-10)13-4-3-5-14(20)16(13)21/h3-9,17H,1-2H3,(H,23,25)(H2,22,24,26). The second-order valence-electron chi connectivity index (χ2n) is 5.90. The van der Waals surface area contributed by atoms with E-state index in [0.29, 0.717) is 33.3 Å². The summed E-state index contributed by atoms with van der Waals surface area (Å²) < 4.78 is 5.11. The summed E-state index contributed by atoms with van der Waals surface area (Å²) in [7, 11) is 1.57. The van der Waals surface area contributed by atoms with E-state index in [1.165, 1.54) is 0 Å². The average Bonchev–Trinajstić information content (AvgIpc) is 2.64. The molecule has 1 atom stereocenters. The monoisotopic (exact) mass is 405 g/mol. The molecular formula is C19H17Cl2N3O3. The Morgan fingerprint density at radius 3 is 2.52 bits per heavy atom. The second kappa shape index (κ2) is 7.90. The number of methoxy groups -OCH3 is 1. The SMILES string of the molecule is COc1ccc(NC(=O)C2=C(C)NC(=O)NC2c2cccc(Cl)c2Cl)cc1. The van der Waals surface area contributed by atoms with Gasteiger partial charge in [0.05, 0.1) is 28.8 Å². The quantitative estimate of drug-likeness (QED) is 0.710. The first-order chi connectivity index (χ1) is 12.9. The van der Waals surface area contributed by atoms with Gasteiger partial charge in [-0.05, 0) is 42.8 Å². The van der Waals surface area contributed by atoms with E-state index in [9.17, 15) is 9.59 Å². The number of carbonyl (C=O) groups is 2. The molecule has 8 heteroatoms. The summed E-state index contributed by atoms with van der Waals surface area (Å²) >= 11 is 12.4. The smallest absolute Gasteiger partial charge is 0.319 e. The number of hydrogen-bond acceptors (Lipinski definition) is 3. The van der Waals surface area contributed by atoms with Gasteiger partial charge in [-0.25, -0.2) is 4.79 Å². The van der Waals surface area contributed by atoms with Crippen molar-refractivity contribution < 1.29 is 14.3 Å². The molecule has 0 saturated heterocycles. The van der Waals surface area contributed by atoms with Crippen molar-refractivity contribution in [3.8, 4) is 5.75 Å². The molecule has 1 unspecified atom stereocenters. The molecule has 0 fully saturated rings. The Morgan fingerprint density at radius 2 is 1.85 bits per heavy atom. The number of ether oxygens (including phenoxy) is 1. The fourth-order valence-electron chi connectivity index (χ4n) is 2.84. The minimum Gasteiger partial charge on any atom is -0.497 e. The zero-order valence-electron chi connectivity index (χ0n) is 14.6. The zero-order chi connectivity index (χ0) is 19.6. The lowest BCUT2D eigenvalue weighted by Crippen LogP contribution is -2.46. The van der Waals surface area contributed by atoms with Gasteiger partial charge >= 0.3 is 6.03 Å². The highest BCUT2D eigenvalue weighted by molar-refractivity contribution is 6.42. The number of carbonyl (C=O) groups excluding carboxylic acids is 2. The third-order valence-corrected chi connectivity index (χ3v) is 4.99. The van der Waals surface area contributed by atoms with Crippen LogP contribution in [-0.2, 0) is 4.79 Å². The van der Waals surface area contributed by atoms with E-state index >= 15 is 0 Å². The van der Waals surface area contributed by atoms with Crippen LogP contribution in [0.1, 0.15) is 18.5 Å². The number of urea groups is 1. The zero-order valence-corrected chi connectivity index (χ0v) is 16.1. The molecule has 2 aromatic rings. The maximum absolute atomic E-state index is 13.0. The average molecular weight is 406 g/mol. The molecular weight excluding hydrogens is 389 g/mol. The van der Waals surface area contributed by atoms with Crippen molar-refractivity contribution in [2.45, 2.75) is 13.0 Å². The molecule has 27 heavy (non-hydrogen) atoms. The summed E-state index contributed by atoms with van der Waals surface area (Å²) in [5.41, 5.74) is 1.91. The molecule has 0 aliphatic carbocycles. The topological polar surface area (TPSA) is 79.5 Å². The summed E-state index contributed by atoms with van der Waals surface area (Å²) in [5.74, 6) is 0.310. The van der Waals surface area contributed by atoms with Gasteiger partial charge in [0.25, 0.3) is 5.91 Å². The Hall–Kier alpha value is -2.70. The second-order valence-corrected chi connectivity index (χ2v) is 6.68. The number of rotatable bonds is 4. The maximum atomic E-state index is 13.0. The molecule has 0 aromatic heterocycles. The fraction of sp³-hybridized carbons (Fsp3) is 0.158. The van der Waals surface area contributed by atoms with Crippen LogP contribution in [0.5, 0.6) is 5.75 Å². The first kappa shape index (κ1) is 19.1. The molecule has 0 spiro atoms. The molecule has 2 aromatic carbocycles. The Bertz CT molecular complexity index is 926. The molecule has 1 aliphatic rings. The summed E-state index contributed by atoms with van der Waals surface area (Å²) in [6.45, 7) is 1.66. The normalized spacial score (nSPS) is 16.4. The molecule has 3 amide bonds. The van der Waals surface area contributed by atoms with Crippen LogP contribution < -0.4 is 20.7 Å². The van der Waals surface area contributed by atoms with E-state index in [1.807, 2.05) is 0 Å². The van der Waals surface area contributed by atoms with Crippen molar-refractivity contribution in [3.63, 3.8) is 0 Å². The van der Waals surface area contributed by atoms with Crippen molar-refractivity contribution in [1.29, 1.82) is 0 Å². The van der Waals surface area contributed by atoms with Crippen LogP contribution in [0.3, 0.4) is 0 Å². The summed E-state index contributed by atoms with van der Waals surface area (Å²) in [6.07, 6.45) is 0. The van der Waals surface area contributed by atoms with E-state index in [1.54, 1.807) is 56.5 Å². The van der Waals surface area contributed by atoms with Crippen molar-refractivity contribution >= 4 is 40.8 Å². The van der Waals surface area contributed by atoms with Crippen LogP contribution >= 0.6 is 23.2 Å². The van der Waals surface area contributed by atoms with Gasteiger partial charge in [0.15, 0.2) is 0 Å². The highest BCUT2D eigenvalue weighted by Crippen LogP contribution is 2.35. The van der Waals surface area contributed by atoms with E-state index in [2.05, 4.69) is 16.0 Å². The largest absolute Gasteiger partial charge is 0.497 e. The minimum absolute atomic E-state index is 0.286. The van der Waals surface area contributed by atoms with Gasteiger partial charge in [0.2, 0.25) is 0 Å². The van der Waals surface area contributed by atoms with Gasteiger partial charge in [-0.3, -0.25) is 4.79 Å². The molecule has 3 N–H and O–H groups in total. The predicted molar refractivity (Wildman–Crippen MR) is 105 cm³/mol. The number of amides is 3. The number of allylic oxidation sites excluding steroid dienone is 1. The Balaban J connectivity index is 1.95. The van der Waals surface area contributed by atoms with Gasteiger partial charge in [-0.2, -0.15) is 0 Å². The van der Waals surface area contributed by atoms with Gasteiger partial charge in [0, 0.05) is 11.4 Å². The van der Waals surface area contributed by atoms with E-state index in [-0.39, 0.29) is 10.9 Å². The predicted octanol–water partition coefficient (Wildman–Crippen LogP) is 4.27. The lowest BCUT2D eigenvalue weighted by Gasteiger charge is -2.29. The highest BCUT2D eigenvalue weighted by Gasteiger charge is 2.32. The maximum Gasteiger partial charge on any atom is 0.319 e. The molecule has 140 valence electrons. The molecule has 1 heterocycles. The molecule has 3 rings (SSSR count). The van der Waals surface area contributed by atoms with Gasteiger partial charge < -0.3 is 20.7 Å². The Labute approximate surface area is 166 Å². The first-order valence-corrected chi connectivity index (χ1v) is 8.84. The Morgan fingerprint density at radius 1 is 1.15 bits per heavy atom. The van der Waals surface area contributed by atoms with Crippen LogP contribution in [0, 0.1) is 0 Å². The van der Waals surface area contributed by atoms with Crippen LogP contribution in [0.15, 0.2) is 53.7 Å². The van der Waals surface area contributed by atoms with Crippen molar-refractivity contribution in [3.05, 3.63) is 69.3 Å². The third kappa shape index (κ3) is 4.02. The highest BCUT2D eigenvalue weighted by atomic mass is 35.5. The minimum atomic E-state index is -0.733. The molecule has 6 nitrogen and oxygen atoms in total. The van der Waals surface area contributed by atoms with Crippen LogP contribution in [0.25, 0.3) is 0 Å². The van der Waals surface area contributed by atoms with Gasteiger partial charge in [0.1, 0.15) is 5.75 Å². The van der Waals surface area contributed by atoms with Crippen LogP contribution in [0.2, 0.25) is 10.0 Å². The van der Waals surface area contributed by atoms with E-state index in [0.717, 1.165) is 0 Å². The van der Waals surface area contributed by atoms with Crippen LogP contribution in [-0.4, -0.2) is 19.0 Å². The third-order valence-electron chi connectivity index (χ3n) is 4.15. The van der Waals surface area contributed by atoms with Gasteiger partial charge in [-0.15, -0.1) is 0 Å². The number of nitrogens with one attached hydrogen (secondary N) is 3. The van der Waals surface area contributed by atoms with Gasteiger partial charge in [-0.1, -0.05) is 35.3 Å². The van der Waals surface area contributed by atoms with Crippen molar-refractivity contribution in [2.24, 2.45) is 0 Å². The number of hydrogen-bond donors (Lipinski definition) is 3. The number of halogens is 2. The molecule has 0 bridgehead atoms. The lowest BCUT2D eigenvalue weighted by atomic mass is 9.94. The summed E-state index contributed by atoms with van der Waals surface area (Å²) in [5, 5.41) is 8.81. The number of anilines is 1. The molecule has 0 saturated carbocycles. The summed E-state index contributed by atoms with van der Waals surface area (Å²) in [6, 6.07) is 10.9. The van der Waals surface area contributed by atoms with Crippen molar-refractivity contribution in [2.75, 3.05) is 12.4 Å². The molecule has 1 aliphatic heterocycles. The fourth-order valence-corrected chi connectivity index (χ4v) is 3.26. The summed E-state index contributed by atoms with van der Waals surface area (Å²) in [4.78, 5) is 24.9.